The van der Waals surface area contributed by atoms with Gasteiger partial charge in [0.15, 0.2) is 0 Å². The fourth-order valence-corrected chi connectivity index (χ4v) is 4.17. The predicted molar refractivity (Wildman–Crippen MR) is 89.5 cm³/mol. The van der Waals surface area contributed by atoms with Crippen LogP contribution < -0.4 is 5.32 Å². The Morgan fingerprint density at radius 3 is 2.67 bits per heavy atom. The monoisotopic (exact) mass is 286 g/mol. The molecule has 0 aromatic heterocycles. The molecule has 1 N–H and O–H groups in total. The average molecular weight is 286 g/mol. The molecular formula is C19H30N2. The van der Waals surface area contributed by atoms with Gasteiger partial charge in [0.05, 0.1) is 0 Å². The van der Waals surface area contributed by atoms with Crippen molar-refractivity contribution in [1.29, 1.82) is 0 Å². The van der Waals surface area contributed by atoms with Gasteiger partial charge in [-0.2, -0.15) is 0 Å². The Morgan fingerprint density at radius 2 is 1.90 bits per heavy atom. The molecule has 2 heteroatoms. The Labute approximate surface area is 129 Å². The van der Waals surface area contributed by atoms with E-state index in [1.54, 1.807) is 0 Å². The molecule has 0 radical (unpaired) electrons. The van der Waals surface area contributed by atoms with Crippen LogP contribution in [0.2, 0.25) is 0 Å². The standard InChI is InChI=1S/C19H30N2/c1-16(18-10-5-6-11-18)21-13-7-12-20-19(15-21)14-17-8-3-2-4-9-17/h2-4,8-9,16,18-20H,5-7,10-15H2,1H3. The highest BCUT2D eigenvalue weighted by Crippen LogP contribution is 2.30. The van der Waals surface area contributed by atoms with Gasteiger partial charge in [-0.15, -0.1) is 0 Å². The number of nitrogens with zero attached hydrogens (tertiary/aromatic N) is 1. The zero-order valence-corrected chi connectivity index (χ0v) is 13.4. The van der Waals surface area contributed by atoms with Crippen LogP contribution in [0.15, 0.2) is 30.3 Å². The van der Waals surface area contributed by atoms with Gasteiger partial charge in [0.1, 0.15) is 0 Å². The molecule has 2 aliphatic rings. The average Bonchev–Trinajstić information content (AvgIpc) is 2.95. The molecule has 2 atom stereocenters. The van der Waals surface area contributed by atoms with Gasteiger partial charge in [0, 0.05) is 18.6 Å². The lowest BCUT2D eigenvalue weighted by atomic mass is 9.97. The van der Waals surface area contributed by atoms with E-state index in [1.165, 1.54) is 57.3 Å². The third kappa shape index (κ3) is 4.08. The molecular weight excluding hydrogens is 256 g/mol. The van der Waals surface area contributed by atoms with Crippen molar-refractivity contribution >= 4 is 0 Å². The maximum atomic E-state index is 3.76. The molecule has 116 valence electrons. The summed E-state index contributed by atoms with van der Waals surface area (Å²) in [6.07, 6.45) is 8.27. The van der Waals surface area contributed by atoms with Gasteiger partial charge >= 0.3 is 0 Å². The maximum absolute atomic E-state index is 3.76. The Bertz CT molecular complexity index is 411. The Morgan fingerprint density at radius 1 is 1.14 bits per heavy atom. The molecule has 3 rings (SSSR count). The molecule has 2 fully saturated rings. The van der Waals surface area contributed by atoms with Crippen molar-refractivity contribution in [3.8, 4) is 0 Å². The summed E-state index contributed by atoms with van der Waals surface area (Å²) < 4.78 is 0. The Hall–Kier alpha value is -0.860. The van der Waals surface area contributed by atoms with Gasteiger partial charge in [0.2, 0.25) is 0 Å². The van der Waals surface area contributed by atoms with Crippen molar-refractivity contribution < 1.29 is 0 Å². The smallest absolute Gasteiger partial charge is 0.0235 e. The number of rotatable bonds is 4. The summed E-state index contributed by atoms with van der Waals surface area (Å²) in [5, 5.41) is 3.76. The minimum Gasteiger partial charge on any atom is -0.312 e. The molecule has 2 nitrogen and oxygen atoms in total. The molecule has 1 saturated heterocycles. The summed E-state index contributed by atoms with van der Waals surface area (Å²) in [5.41, 5.74) is 1.46. The zero-order chi connectivity index (χ0) is 14.5. The number of hydrogen-bond donors (Lipinski definition) is 1. The van der Waals surface area contributed by atoms with Crippen LogP contribution in [0.3, 0.4) is 0 Å². The van der Waals surface area contributed by atoms with Crippen LogP contribution >= 0.6 is 0 Å². The van der Waals surface area contributed by atoms with E-state index in [2.05, 4.69) is 47.5 Å². The van der Waals surface area contributed by atoms with Crippen molar-refractivity contribution in [3.63, 3.8) is 0 Å². The Balaban J connectivity index is 1.60. The fourth-order valence-electron chi connectivity index (χ4n) is 4.17. The van der Waals surface area contributed by atoms with Crippen LogP contribution in [0.5, 0.6) is 0 Å². The van der Waals surface area contributed by atoms with E-state index in [9.17, 15) is 0 Å². The van der Waals surface area contributed by atoms with Crippen LogP contribution in [0.25, 0.3) is 0 Å². The summed E-state index contributed by atoms with van der Waals surface area (Å²) in [6.45, 7) is 6.13. The molecule has 1 aliphatic heterocycles. The van der Waals surface area contributed by atoms with Crippen molar-refractivity contribution in [2.24, 2.45) is 5.92 Å². The highest BCUT2D eigenvalue weighted by molar-refractivity contribution is 5.16. The van der Waals surface area contributed by atoms with Gasteiger partial charge in [0.25, 0.3) is 0 Å². The topological polar surface area (TPSA) is 15.3 Å². The van der Waals surface area contributed by atoms with E-state index in [0.717, 1.165) is 18.4 Å². The SMILES string of the molecule is CC(C1CCCC1)N1CCCNC(Cc2ccccc2)C1. The summed E-state index contributed by atoms with van der Waals surface area (Å²) >= 11 is 0. The van der Waals surface area contributed by atoms with Gasteiger partial charge in [-0.1, -0.05) is 43.2 Å². The molecule has 21 heavy (non-hydrogen) atoms. The summed E-state index contributed by atoms with van der Waals surface area (Å²) in [7, 11) is 0. The van der Waals surface area contributed by atoms with Crippen molar-refractivity contribution in [2.45, 2.75) is 57.5 Å². The first-order chi connectivity index (χ1) is 10.3. The number of hydrogen-bond acceptors (Lipinski definition) is 2. The highest BCUT2D eigenvalue weighted by atomic mass is 15.2. The second-order valence-electron chi connectivity index (χ2n) is 6.97. The maximum Gasteiger partial charge on any atom is 0.0235 e. The predicted octanol–water partition coefficient (Wildman–Crippen LogP) is 3.47. The first kappa shape index (κ1) is 15.1. The minimum absolute atomic E-state index is 0.610. The zero-order valence-electron chi connectivity index (χ0n) is 13.4. The molecule has 0 spiro atoms. The number of benzene rings is 1. The molecule has 1 aromatic rings. The van der Waals surface area contributed by atoms with Crippen molar-refractivity contribution in [1.82, 2.24) is 10.2 Å². The fraction of sp³-hybridized carbons (Fsp3) is 0.684. The van der Waals surface area contributed by atoms with Gasteiger partial charge in [-0.25, -0.2) is 0 Å². The van der Waals surface area contributed by atoms with E-state index in [4.69, 9.17) is 0 Å². The van der Waals surface area contributed by atoms with Crippen LogP contribution in [-0.2, 0) is 6.42 Å². The van der Waals surface area contributed by atoms with E-state index in [-0.39, 0.29) is 0 Å². The van der Waals surface area contributed by atoms with Gasteiger partial charge in [-0.3, -0.25) is 4.90 Å². The largest absolute Gasteiger partial charge is 0.312 e. The molecule has 1 aromatic carbocycles. The summed E-state index contributed by atoms with van der Waals surface area (Å²) in [4.78, 5) is 2.77. The lowest BCUT2D eigenvalue weighted by molar-refractivity contribution is 0.153. The van der Waals surface area contributed by atoms with Gasteiger partial charge < -0.3 is 5.32 Å². The third-order valence-electron chi connectivity index (χ3n) is 5.49. The second-order valence-corrected chi connectivity index (χ2v) is 6.97. The van der Waals surface area contributed by atoms with Crippen LogP contribution in [-0.4, -0.2) is 36.6 Å². The van der Waals surface area contributed by atoms with Crippen molar-refractivity contribution in [3.05, 3.63) is 35.9 Å². The van der Waals surface area contributed by atoms with Crippen molar-refractivity contribution in [2.75, 3.05) is 19.6 Å². The van der Waals surface area contributed by atoms with E-state index < -0.39 is 0 Å². The lowest BCUT2D eigenvalue weighted by Crippen LogP contribution is -2.44. The highest BCUT2D eigenvalue weighted by Gasteiger charge is 2.28. The molecule has 1 aliphatic carbocycles. The van der Waals surface area contributed by atoms with Crippen LogP contribution in [0, 0.1) is 5.92 Å². The van der Waals surface area contributed by atoms with E-state index in [1.807, 2.05) is 0 Å². The first-order valence-corrected chi connectivity index (χ1v) is 8.84. The lowest BCUT2D eigenvalue weighted by Gasteiger charge is -2.34. The normalized spacial score (nSPS) is 26.6. The van der Waals surface area contributed by atoms with E-state index >= 15 is 0 Å². The first-order valence-electron chi connectivity index (χ1n) is 8.84. The summed E-state index contributed by atoms with van der Waals surface area (Å²) in [5.74, 6) is 0.945. The molecule has 0 amide bonds. The van der Waals surface area contributed by atoms with Crippen LogP contribution in [0.1, 0.15) is 44.6 Å². The van der Waals surface area contributed by atoms with Gasteiger partial charge in [-0.05, 0) is 57.2 Å². The second kappa shape index (κ2) is 7.42. The third-order valence-corrected chi connectivity index (χ3v) is 5.49. The quantitative estimate of drug-likeness (QED) is 0.911. The Kier molecular flexibility index (Phi) is 5.32. The molecule has 0 bridgehead atoms. The van der Waals surface area contributed by atoms with Crippen LogP contribution in [0.4, 0.5) is 0 Å². The number of nitrogens with one attached hydrogen (secondary N) is 1. The summed E-state index contributed by atoms with van der Waals surface area (Å²) in [6, 6.07) is 12.3. The minimum atomic E-state index is 0.610. The molecule has 1 saturated carbocycles. The molecule has 2 unspecified atom stereocenters. The molecule has 1 heterocycles. The van der Waals surface area contributed by atoms with E-state index in [0.29, 0.717) is 6.04 Å².